The van der Waals surface area contributed by atoms with E-state index in [1.165, 1.54) is 0 Å². The van der Waals surface area contributed by atoms with Crippen molar-refractivity contribution in [2.24, 2.45) is 0 Å². The van der Waals surface area contributed by atoms with E-state index in [0.29, 0.717) is 39.4 Å². The van der Waals surface area contributed by atoms with E-state index >= 15 is 0 Å². The molecule has 1 aliphatic rings. The maximum absolute atomic E-state index is 12.9. The Morgan fingerprint density at radius 2 is 2.06 bits per heavy atom. The molecule has 1 N–H and O–H groups in total. The second-order valence-corrected chi connectivity index (χ2v) is 8.56. The zero-order chi connectivity index (χ0) is 22.3. The van der Waals surface area contributed by atoms with Crippen LogP contribution < -0.4 is 20.4 Å². The molecule has 0 bridgehead atoms. The van der Waals surface area contributed by atoms with Gasteiger partial charge in [-0.15, -0.1) is 0 Å². The Hall–Kier alpha value is -3.35. The molecule has 0 radical (unpaired) electrons. The van der Waals surface area contributed by atoms with Crippen LogP contribution in [0.4, 0.5) is 5.82 Å². The van der Waals surface area contributed by atoms with Crippen LogP contribution in [0.5, 0.6) is 11.5 Å². The van der Waals surface area contributed by atoms with E-state index in [1.54, 1.807) is 19.4 Å². The molecule has 0 fully saturated rings. The summed E-state index contributed by atoms with van der Waals surface area (Å²) in [4.78, 5) is 29.6. The SMILES string of the molecule is COc1cc2c(c3oc(=O)c(CC(=O)Nc4ccc(C)cn4)c(C)c13)CCC(C)(C)O2. The average Bonchev–Trinajstić information content (AvgIpc) is 2.71. The fraction of sp³-hybridized carbons (Fsp3) is 0.375. The van der Waals surface area contributed by atoms with Crippen molar-refractivity contribution in [3.8, 4) is 11.5 Å². The molecular weight excluding hydrogens is 396 g/mol. The summed E-state index contributed by atoms with van der Waals surface area (Å²) >= 11 is 0. The molecule has 7 heteroatoms. The summed E-state index contributed by atoms with van der Waals surface area (Å²) in [6, 6.07) is 5.42. The molecule has 0 atom stereocenters. The highest BCUT2D eigenvalue weighted by molar-refractivity contribution is 5.95. The van der Waals surface area contributed by atoms with Crippen LogP contribution in [0.3, 0.4) is 0 Å². The van der Waals surface area contributed by atoms with E-state index in [9.17, 15) is 9.59 Å². The van der Waals surface area contributed by atoms with Gasteiger partial charge < -0.3 is 19.2 Å². The fourth-order valence-corrected chi connectivity index (χ4v) is 3.94. The standard InChI is InChI=1S/C24H26N2O5/c1-13-6-7-19(25-12-13)26-20(27)10-16-14(2)21-18(29-5)11-17-15(22(21)30-23(16)28)8-9-24(3,4)31-17/h6-7,11-12H,8-10H2,1-5H3,(H,25,26,27). The van der Waals surface area contributed by atoms with E-state index in [-0.39, 0.29) is 17.9 Å². The Labute approximate surface area is 180 Å². The molecule has 7 nitrogen and oxygen atoms in total. The van der Waals surface area contributed by atoms with E-state index in [0.717, 1.165) is 24.0 Å². The summed E-state index contributed by atoms with van der Waals surface area (Å²) in [5.41, 5.74) is 2.45. The first-order valence-corrected chi connectivity index (χ1v) is 10.3. The lowest BCUT2D eigenvalue weighted by molar-refractivity contribution is -0.115. The van der Waals surface area contributed by atoms with Crippen LogP contribution in [0, 0.1) is 13.8 Å². The number of rotatable bonds is 4. The van der Waals surface area contributed by atoms with Crippen molar-refractivity contribution in [2.45, 2.75) is 52.6 Å². The predicted molar refractivity (Wildman–Crippen MR) is 118 cm³/mol. The van der Waals surface area contributed by atoms with Crippen molar-refractivity contribution < 1.29 is 18.7 Å². The number of hydrogen-bond donors (Lipinski definition) is 1. The van der Waals surface area contributed by atoms with Gasteiger partial charge in [-0.2, -0.15) is 0 Å². The van der Waals surface area contributed by atoms with Gasteiger partial charge in [-0.1, -0.05) is 6.07 Å². The highest BCUT2D eigenvalue weighted by Gasteiger charge is 2.31. The van der Waals surface area contributed by atoms with Gasteiger partial charge in [-0.25, -0.2) is 9.78 Å². The first kappa shape index (κ1) is 20.9. The van der Waals surface area contributed by atoms with Gasteiger partial charge in [0.15, 0.2) is 0 Å². The van der Waals surface area contributed by atoms with E-state index < -0.39 is 5.63 Å². The number of carbonyl (C=O) groups excluding carboxylic acids is 1. The number of nitrogens with one attached hydrogen (secondary N) is 1. The highest BCUT2D eigenvalue weighted by Crippen LogP contribution is 2.43. The predicted octanol–water partition coefficient (Wildman–Crippen LogP) is 4.10. The molecule has 3 heterocycles. The summed E-state index contributed by atoms with van der Waals surface area (Å²) in [5, 5.41) is 3.42. The molecule has 3 aromatic rings. The number of pyridine rings is 1. The molecule has 2 aromatic heterocycles. The van der Waals surface area contributed by atoms with Crippen molar-refractivity contribution >= 4 is 22.7 Å². The number of anilines is 1. The third-order valence-electron chi connectivity index (χ3n) is 5.68. The van der Waals surface area contributed by atoms with E-state index in [2.05, 4.69) is 10.3 Å². The molecule has 0 spiro atoms. The number of aromatic nitrogens is 1. The maximum atomic E-state index is 12.9. The topological polar surface area (TPSA) is 90.7 Å². The molecular formula is C24H26N2O5. The number of methoxy groups -OCH3 is 1. The molecule has 1 aliphatic heterocycles. The fourth-order valence-electron chi connectivity index (χ4n) is 3.94. The van der Waals surface area contributed by atoms with Crippen molar-refractivity contribution in [1.29, 1.82) is 0 Å². The van der Waals surface area contributed by atoms with Crippen molar-refractivity contribution in [3.63, 3.8) is 0 Å². The molecule has 0 aliphatic carbocycles. The molecule has 162 valence electrons. The largest absolute Gasteiger partial charge is 0.496 e. The highest BCUT2D eigenvalue weighted by atomic mass is 16.5. The first-order chi connectivity index (χ1) is 14.7. The zero-order valence-corrected chi connectivity index (χ0v) is 18.4. The summed E-state index contributed by atoms with van der Waals surface area (Å²) in [5.74, 6) is 1.31. The van der Waals surface area contributed by atoms with Gasteiger partial charge in [0.1, 0.15) is 28.5 Å². The second-order valence-electron chi connectivity index (χ2n) is 8.56. The third-order valence-corrected chi connectivity index (χ3v) is 5.68. The normalized spacial score (nSPS) is 14.6. The van der Waals surface area contributed by atoms with Crippen LogP contribution in [0.15, 0.2) is 33.6 Å². The molecule has 1 aromatic carbocycles. The number of nitrogens with zero attached hydrogens (tertiary/aromatic N) is 1. The van der Waals surface area contributed by atoms with Crippen LogP contribution in [-0.4, -0.2) is 23.6 Å². The summed E-state index contributed by atoms with van der Waals surface area (Å²) in [6.07, 6.45) is 3.08. The third kappa shape index (κ3) is 4.00. The van der Waals surface area contributed by atoms with Crippen LogP contribution >= 0.6 is 0 Å². The Kier molecular flexibility index (Phi) is 5.21. The molecule has 0 unspecified atom stereocenters. The van der Waals surface area contributed by atoms with Gasteiger partial charge in [-0.05, 0) is 57.7 Å². The lowest BCUT2D eigenvalue weighted by Crippen LogP contribution is -2.32. The van der Waals surface area contributed by atoms with E-state index in [1.807, 2.05) is 39.8 Å². The number of hydrogen-bond acceptors (Lipinski definition) is 6. The van der Waals surface area contributed by atoms with Gasteiger partial charge >= 0.3 is 5.63 Å². The average molecular weight is 422 g/mol. The summed E-state index contributed by atoms with van der Waals surface area (Å²) in [6.45, 7) is 7.78. The minimum absolute atomic E-state index is 0.122. The van der Waals surface area contributed by atoms with Crippen LogP contribution in [0.1, 0.15) is 42.5 Å². The summed E-state index contributed by atoms with van der Waals surface area (Å²) < 4.78 is 17.4. The maximum Gasteiger partial charge on any atom is 0.340 e. The van der Waals surface area contributed by atoms with Crippen molar-refractivity contribution in [1.82, 2.24) is 4.98 Å². The molecule has 0 saturated heterocycles. The number of benzene rings is 1. The van der Waals surface area contributed by atoms with Crippen molar-refractivity contribution in [3.05, 3.63) is 57.1 Å². The first-order valence-electron chi connectivity index (χ1n) is 10.3. The van der Waals surface area contributed by atoms with Gasteiger partial charge in [0.25, 0.3) is 0 Å². The number of carbonyl (C=O) groups is 1. The summed E-state index contributed by atoms with van der Waals surface area (Å²) in [7, 11) is 1.56. The second kappa shape index (κ2) is 7.72. The molecule has 0 saturated carbocycles. The van der Waals surface area contributed by atoms with Gasteiger partial charge in [-0.3, -0.25) is 4.79 Å². The minimum Gasteiger partial charge on any atom is -0.496 e. The van der Waals surface area contributed by atoms with E-state index in [4.69, 9.17) is 13.9 Å². The zero-order valence-electron chi connectivity index (χ0n) is 18.4. The van der Waals surface area contributed by atoms with Gasteiger partial charge in [0.05, 0.1) is 24.5 Å². The Morgan fingerprint density at radius 3 is 2.74 bits per heavy atom. The Balaban J connectivity index is 1.75. The Bertz CT molecular complexity index is 1230. The molecule has 4 rings (SSSR count). The monoisotopic (exact) mass is 422 g/mol. The van der Waals surface area contributed by atoms with Crippen LogP contribution in [-0.2, 0) is 17.6 Å². The molecule has 31 heavy (non-hydrogen) atoms. The van der Waals surface area contributed by atoms with Crippen molar-refractivity contribution in [2.75, 3.05) is 12.4 Å². The van der Waals surface area contributed by atoms with Gasteiger partial charge in [0.2, 0.25) is 5.91 Å². The number of amides is 1. The smallest absolute Gasteiger partial charge is 0.340 e. The quantitative estimate of drug-likeness (QED) is 0.637. The van der Waals surface area contributed by atoms with Crippen LogP contribution in [0.25, 0.3) is 11.0 Å². The minimum atomic E-state index is -0.530. The number of ether oxygens (including phenoxy) is 2. The lowest BCUT2D eigenvalue weighted by atomic mass is 9.91. The molecule has 1 amide bonds. The Morgan fingerprint density at radius 1 is 1.29 bits per heavy atom. The lowest BCUT2D eigenvalue weighted by Gasteiger charge is -2.33. The number of fused-ring (bicyclic) bond motifs is 3. The number of aryl methyl sites for hydroxylation is 3. The van der Waals surface area contributed by atoms with Gasteiger partial charge in [0, 0.05) is 17.8 Å². The van der Waals surface area contributed by atoms with Crippen LogP contribution in [0.2, 0.25) is 0 Å².